The van der Waals surface area contributed by atoms with Gasteiger partial charge in [0.1, 0.15) is 0 Å². The fourth-order valence-corrected chi connectivity index (χ4v) is 12.6. The van der Waals surface area contributed by atoms with Gasteiger partial charge in [0.15, 0.2) is 0 Å². The average molecular weight is 459 g/mol. The van der Waals surface area contributed by atoms with Crippen molar-refractivity contribution in [2.24, 2.45) is 0 Å². The molecule has 0 N–H and O–H groups in total. The normalized spacial score (nSPS) is 12.1. The summed E-state index contributed by atoms with van der Waals surface area (Å²) in [5.74, 6) is 0. The van der Waals surface area contributed by atoms with Gasteiger partial charge in [0, 0.05) is 0 Å². The minimum absolute atomic E-state index is 1.27. The molecule has 4 rings (SSSR count). The fourth-order valence-electron chi connectivity index (χ4n) is 6.09. The van der Waals surface area contributed by atoms with Gasteiger partial charge >= 0.3 is 199 Å². The van der Waals surface area contributed by atoms with Crippen LogP contribution in [0.4, 0.5) is 0 Å². The van der Waals surface area contributed by atoms with Gasteiger partial charge in [-0.15, -0.1) is 0 Å². The number of aromatic nitrogens is 4. The van der Waals surface area contributed by atoms with Crippen LogP contribution in [-0.4, -0.2) is 8.72 Å². The molecule has 0 saturated carbocycles. The summed E-state index contributed by atoms with van der Waals surface area (Å²) in [7, 11) is -3.74. The van der Waals surface area contributed by atoms with E-state index in [9.17, 15) is 0 Å². The molecular weight excluding hydrogens is 420 g/mol. The van der Waals surface area contributed by atoms with Crippen LogP contribution >= 0.6 is 0 Å². The number of pyridine rings is 4. The van der Waals surface area contributed by atoms with Gasteiger partial charge in [-0.2, -0.15) is 0 Å². The SMILES string of the molecule is Cc1cc(C)c[n+]([SiH2-2]([n+]2cc(C)cc(C)c2)([n+]2cc(C)cc(C)c2)[n+]2cc(C)cc(C)c2)c1. The van der Waals surface area contributed by atoms with E-state index in [4.69, 9.17) is 0 Å². The summed E-state index contributed by atoms with van der Waals surface area (Å²) >= 11 is 0. The zero-order valence-corrected chi connectivity index (χ0v) is 22.8. The third-order valence-corrected chi connectivity index (χ3v) is 12.1. The molecule has 4 nitrogen and oxygen atoms in total. The summed E-state index contributed by atoms with van der Waals surface area (Å²) in [6.07, 6.45) is 18.6. The molecule has 4 heterocycles. The molecule has 5 heteroatoms. The Labute approximate surface area is 199 Å². The molecule has 33 heavy (non-hydrogen) atoms. The summed E-state index contributed by atoms with van der Waals surface area (Å²) in [6, 6.07) is 9.04. The van der Waals surface area contributed by atoms with E-state index in [1.165, 1.54) is 44.5 Å². The Morgan fingerprint density at radius 1 is 0.333 bits per heavy atom. The number of rotatable bonds is 4. The maximum atomic E-state index is 2.54. The van der Waals surface area contributed by atoms with E-state index in [0.29, 0.717) is 0 Å². The Balaban J connectivity index is 2.28. The van der Waals surface area contributed by atoms with Crippen LogP contribution in [0.3, 0.4) is 0 Å². The molecule has 0 aliphatic rings. The summed E-state index contributed by atoms with van der Waals surface area (Å²) in [5, 5.41) is 0. The van der Waals surface area contributed by atoms with Crippen molar-refractivity contribution in [3.05, 3.63) is 118 Å². The first-order valence-corrected chi connectivity index (χ1v) is 14.5. The van der Waals surface area contributed by atoms with Crippen molar-refractivity contribution in [1.82, 2.24) is 0 Å². The van der Waals surface area contributed by atoms with Gasteiger partial charge in [0.2, 0.25) is 0 Å². The summed E-state index contributed by atoms with van der Waals surface area (Å²) < 4.78 is 10.1. The Morgan fingerprint density at radius 3 is 0.636 bits per heavy atom. The van der Waals surface area contributed by atoms with Gasteiger partial charge in [-0.05, 0) is 0 Å². The van der Waals surface area contributed by atoms with Gasteiger partial charge in [-0.1, -0.05) is 0 Å². The van der Waals surface area contributed by atoms with Crippen molar-refractivity contribution in [1.29, 1.82) is 0 Å². The first-order chi connectivity index (χ1) is 15.6. The first kappa shape index (κ1) is 23.0. The minimum atomic E-state index is -3.74. The molecule has 0 amide bonds. The van der Waals surface area contributed by atoms with E-state index in [1.54, 1.807) is 0 Å². The third-order valence-electron chi connectivity index (χ3n) is 6.74. The van der Waals surface area contributed by atoms with E-state index in [1.807, 2.05) is 0 Å². The van der Waals surface area contributed by atoms with Crippen molar-refractivity contribution in [3.63, 3.8) is 0 Å². The molecular formula is C28H38N4Si+2. The molecule has 0 aliphatic heterocycles. The molecule has 0 bridgehead atoms. The molecule has 4 aromatic rings. The Hall–Kier alpha value is -3.18. The molecule has 0 saturated heterocycles. The third kappa shape index (κ3) is 4.38. The zero-order valence-electron chi connectivity index (χ0n) is 21.4. The molecule has 0 atom stereocenters. The number of hydrogen-bond acceptors (Lipinski definition) is 0. The van der Waals surface area contributed by atoms with Crippen LogP contribution in [-0.2, 0) is 0 Å². The van der Waals surface area contributed by atoms with E-state index < -0.39 is 8.72 Å². The molecule has 0 spiro atoms. The van der Waals surface area contributed by atoms with Gasteiger partial charge in [-0.3, -0.25) is 0 Å². The van der Waals surface area contributed by atoms with Crippen LogP contribution in [0.5, 0.6) is 0 Å². The molecule has 0 radical (unpaired) electrons. The predicted molar refractivity (Wildman–Crippen MR) is 135 cm³/mol. The van der Waals surface area contributed by atoms with Crippen LogP contribution < -0.4 is 16.9 Å². The van der Waals surface area contributed by atoms with Crippen molar-refractivity contribution in [2.75, 3.05) is 0 Å². The average Bonchev–Trinajstić information content (AvgIpc) is 2.65. The van der Waals surface area contributed by atoms with Crippen molar-refractivity contribution >= 4 is 8.72 Å². The topological polar surface area (TPSA) is 15.5 Å². The van der Waals surface area contributed by atoms with E-state index in [0.717, 1.165) is 0 Å². The van der Waals surface area contributed by atoms with E-state index in [-0.39, 0.29) is 0 Å². The van der Waals surface area contributed by atoms with Gasteiger partial charge in [0.05, 0.1) is 0 Å². The summed E-state index contributed by atoms with van der Waals surface area (Å²) in [5.41, 5.74) is 10.2. The maximum absolute atomic E-state index is 3.74. The monoisotopic (exact) mass is 458 g/mol. The molecule has 0 aliphatic carbocycles. The van der Waals surface area contributed by atoms with Gasteiger partial charge in [-0.25, -0.2) is 0 Å². The quantitative estimate of drug-likeness (QED) is 0.418. The molecule has 0 unspecified atom stereocenters. The van der Waals surface area contributed by atoms with Crippen molar-refractivity contribution in [2.45, 2.75) is 55.4 Å². The second-order valence-corrected chi connectivity index (χ2v) is 15.1. The Morgan fingerprint density at radius 2 is 0.485 bits per heavy atom. The van der Waals surface area contributed by atoms with Crippen molar-refractivity contribution < 1.29 is 16.9 Å². The van der Waals surface area contributed by atoms with Crippen LogP contribution in [0, 0.1) is 55.4 Å². The van der Waals surface area contributed by atoms with Crippen LogP contribution in [0.1, 0.15) is 44.5 Å². The first-order valence-electron chi connectivity index (χ1n) is 11.9. The number of aryl methyl sites for hydroxylation is 8. The number of nitrogens with zero attached hydrogens (tertiary/aromatic N) is 4. The fraction of sp³-hybridized carbons (Fsp3) is 0.286. The second kappa shape index (κ2) is 8.63. The van der Waals surface area contributed by atoms with Gasteiger partial charge in [0.25, 0.3) is 0 Å². The summed E-state index contributed by atoms with van der Waals surface area (Å²) in [6.45, 7) is 17.6. The van der Waals surface area contributed by atoms with Crippen LogP contribution in [0.25, 0.3) is 0 Å². The molecule has 172 valence electrons. The second-order valence-electron chi connectivity index (χ2n) is 10.5. The van der Waals surface area contributed by atoms with Crippen LogP contribution in [0.2, 0.25) is 0 Å². The molecule has 4 aromatic heterocycles. The van der Waals surface area contributed by atoms with Gasteiger partial charge < -0.3 is 0 Å². The van der Waals surface area contributed by atoms with Crippen molar-refractivity contribution in [3.8, 4) is 0 Å². The van der Waals surface area contributed by atoms with E-state index in [2.05, 4.69) is 146 Å². The Bertz CT molecular complexity index is 1070. The standard InChI is InChI=1S/C28H38N4Si/c1-21-9-22(2)14-29(13-21)33(30-15-23(3)10-24(4)16-30,31-17-25(5)11-26(6)18-31)32-19-27(7)12-28(8)20-32/h9-20H,33H2,1-8H3/q+2. The predicted octanol–water partition coefficient (Wildman–Crippen LogP) is 2.70. The Kier molecular flexibility index (Phi) is 6.02. The number of hydrogen-bond donors (Lipinski definition) is 0. The zero-order chi connectivity index (χ0) is 23.9. The summed E-state index contributed by atoms with van der Waals surface area (Å²) in [4.78, 5) is 0. The molecule has 0 fully saturated rings. The molecule has 0 aromatic carbocycles. The van der Waals surface area contributed by atoms with Crippen LogP contribution in [0.15, 0.2) is 73.8 Å². The van der Waals surface area contributed by atoms with E-state index >= 15 is 0 Å².